The number of fused-ring (bicyclic) bond motifs is 3. The lowest BCUT2D eigenvalue weighted by Gasteiger charge is -2.28. The van der Waals surface area contributed by atoms with Gasteiger partial charge in [-0.15, -0.1) is 0 Å². The van der Waals surface area contributed by atoms with E-state index in [4.69, 9.17) is 4.74 Å². The fraction of sp³-hybridized carbons (Fsp3) is 0.733. The van der Waals surface area contributed by atoms with Gasteiger partial charge < -0.3 is 9.84 Å². The number of rotatable bonds is 1. The van der Waals surface area contributed by atoms with Crippen LogP contribution in [0.4, 0.5) is 0 Å². The Balaban J connectivity index is 2.00. The molecule has 3 rings (SSSR count). The van der Waals surface area contributed by atoms with Crippen molar-refractivity contribution in [2.45, 2.75) is 32.8 Å². The van der Waals surface area contributed by atoms with Crippen LogP contribution in [0.1, 0.15) is 26.7 Å². The van der Waals surface area contributed by atoms with Crippen LogP contribution < -0.4 is 0 Å². The van der Waals surface area contributed by atoms with Crippen molar-refractivity contribution in [1.82, 2.24) is 0 Å². The summed E-state index contributed by atoms with van der Waals surface area (Å²) in [4.78, 5) is 24.0. The van der Waals surface area contributed by atoms with Gasteiger partial charge in [-0.05, 0) is 30.4 Å². The standard InChI is InChI=1S/C15H20O4/c1-7-3-4-10-8(2)15(18)19-14(10)13-9(6-16)5-11(17)12(7)13/h5,7-8,10,12-14,16H,3-4,6H2,1-2H3/t7-,8-,10-,12+,13-,14+/m0/s1. The average Bonchev–Trinajstić information content (AvgIpc) is 2.80. The zero-order valence-electron chi connectivity index (χ0n) is 11.3. The summed E-state index contributed by atoms with van der Waals surface area (Å²) in [6.07, 6.45) is 3.23. The van der Waals surface area contributed by atoms with Gasteiger partial charge in [0.15, 0.2) is 5.78 Å². The van der Waals surface area contributed by atoms with Crippen LogP contribution in [0.15, 0.2) is 11.6 Å². The number of esters is 1. The molecule has 1 heterocycles. The van der Waals surface area contributed by atoms with Gasteiger partial charge in [0.1, 0.15) is 6.10 Å². The number of hydrogen-bond donors (Lipinski definition) is 1. The van der Waals surface area contributed by atoms with Crippen molar-refractivity contribution in [2.24, 2.45) is 29.6 Å². The number of carbonyl (C=O) groups is 2. The van der Waals surface area contributed by atoms with E-state index in [-0.39, 0.29) is 54.1 Å². The minimum atomic E-state index is -0.220. The molecule has 2 fully saturated rings. The van der Waals surface area contributed by atoms with Crippen LogP contribution in [0.3, 0.4) is 0 Å². The van der Waals surface area contributed by atoms with E-state index >= 15 is 0 Å². The Morgan fingerprint density at radius 2 is 2.00 bits per heavy atom. The van der Waals surface area contributed by atoms with Crippen LogP contribution in [0.25, 0.3) is 0 Å². The lowest BCUT2D eigenvalue weighted by atomic mass is 9.77. The van der Waals surface area contributed by atoms with Crippen molar-refractivity contribution in [2.75, 3.05) is 6.61 Å². The summed E-state index contributed by atoms with van der Waals surface area (Å²) in [5.41, 5.74) is 0.751. The Kier molecular flexibility index (Phi) is 3.01. The molecule has 104 valence electrons. The second-order valence-electron chi connectivity index (χ2n) is 6.24. The number of carbonyl (C=O) groups excluding carboxylic acids is 2. The minimum absolute atomic E-state index is 0.0911. The molecule has 6 atom stereocenters. The summed E-state index contributed by atoms with van der Waals surface area (Å²) < 4.78 is 5.56. The van der Waals surface area contributed by atoms with Gasteiger partial charge in [0, 0.05) is 17.8 Å². The van der Waals surface area contributed by atoms with Crippen molar-refractivity contribution < 1.29 is 19.4 Å². The summed E-state index contributed by atoms with van der Waals surface area (Å²) in [6.45, 7) is 3.89. The molecule has 0 unspecified atom stereocenters. The van der Waals surface area contributed by atoms with E-state index in [9.17, 15) is 14.7 Å². The first-order valence-electron chi connectivity index (χ1n) is 7.10. The van der Waals surface area contributed by atoms with Gasteiger partial charge in [0.05, 0.1) is 12.5 Å². The first-order chi connectivity index (χ1) is 9.04. The predicted molar refractivity (Wildman–Crippen MR) is 68.1 cm³/mol. The van der Waals surface area contributed by atoms with Crippen molar-refractivity contribution in [3.63, 3.8) is 0 Å². The molecule has 0 aromatic rings. The molecule has 1 saturated heterocycles. The van der Waals surface area contributed by atoms with E-state index in [0.717, 1.165) is 18.4 Å². The number of aliphatic hydroxyl groups is 1. The lowest BCUT2D eigenvalue weighted by Crippen LogP contribution is -2.34. The Morgan fingerprint density at radius 3 is 2.68 bits per heavy atom. The van der Waals surface area contributed by atoms with Gasteiger partial charge >= 0.3 is 5.97 Å². The molecule has 0 bridgehead atoms. The molecule has 4 nitrogen and oxygen atoms in total. The van der Waals surface area contributed by atoms with Crippen LogP contribution in [0.5, 0.6) is 0 Å². The molecule has 0 amide bonds. The van der Waals surface area contributed by atoms with Gasteiger partial charge in [0.2, 0.25) is 0 Å². The summed E-state index contributed by atoms with van der Waals surface area (Å²) in [5.74, 6) is 0.105. The Morgan fingerprint density at radius 1 is 1.26 bits per heavy atom. The van der Waals surface area contributed by atoms with E-state index in [2.05, 4.69) is 6.92 Å². The third-order valence-electron chi connectivity index (χ3n) is 5.26. The third kappa shape index (κ3) is 1.76. The molecule has 19 heavy (non-hydrogen) atoms. The molecular formula is C15H20O4. The topological polar surface area (TPSA) is 63.6 Å². The van der Waals surface area contributed by atoms with Crippen LogP contribution in [-0.4, -0.2) is 29.6 Å². The number of ketones is 1. The second-order valence-corrected chi connectivity index (χ2v) is 6.24. The summed E-state index contributed by atoms with van der Waals surface area (Å²) in [6, 6.07) is 0. The fourth-order valence-electron chi connectivity index (χ4n) is 4.16. The van der Waals surface area contributed by atoms with Gasteiger partial charge in [-0.3, -0.25) is 9.59 Å². The molecule has 2 aliphatic carbocycles. The molecule has 0 aromatic heterocycles. The molecule has 1 saturated carbocycles. The maximum absolute atomic E-state index is 12.2. The Bertz CT molecular complexity index is 453. The lowest BCUT2D eigenvalue weighted by molar-refractivity contribution is -0.146. The van der Waals surface area contributed by atoms with Gasteiger partial charge in [-0.25, -0.2) is 0 Å². The first kappa shape index (κ1) is 12.9. The number of aliphatic hydroxyl groups excluding tert-OH is 1. The monoisotopic (exact) mass is 264 g/mol. The highest BCUT2D eigenvalue weighted by molar-refractivity contribution is 5.96. The second kappa shape index (κ2) is 4.44. The molecule has 4 heteroatoms. The van der Waals surface area contributed by atoms with Crippen LogP contribution in [0, 0.1) is 29.6 Å². The molecule has 3 aliphatic rings. The molecule has 1 aliphatic heterocycles. The van der Waals surface area contributed by atoms with Crippen LogP contribution in [-0.2, 0) is 14.3 Å². The summed E-state index contributed by atoms with van der Waals surface area (Å²) in [7, 11) is 0. The van der Waals surface area contributed by atoms with Gasteiger partial charge in [0.25, 0.3) is 0 Å². The highest BCUT2D eigenvalue weighted by Crippen LogP contribution is 2.49. The minimum Gasteiger partial charge on any atom is -0.461 e. The first-order valence-corrected chi connectivity index (χ1v) is 7.10. The molecule has 0 radical (unpaired) electrons. The molecule has 1 N–H and O–H groups in total. The number of allylic oxidation sites excluding steroid dienone is 1. The van der Waals surface area contributed by atoms with E-state index < -0.39 is 0 Å². The maximum atomic E-state index is 12.2. The highest BCUT2D eigenvalue weighted by Gasteiger charge is 2.54. The van der Waals surface area contributed by atoms with E-state index in [1.165, 1.54) is 0 Å². The van der Waals surface area contributed by atoms with Gasteiger partial charge in [-0.1, -0.05) is 13.8 Å². The van der Waals surface area contributed by atoms with Crippen molar-refractivity contribution in [1.29, 1.82) is 0 Å². The molecular weight excluding hydrogens is 244 g/mol. The van der Waals surface area contributed by atoms with Crippen molar-refractivity contribution >= 4 is 11.8 Å². The van der Waals surface area contributed by atoms with E-state index in [1.54, 1.807) is 6.08 Å². The van der Waals surface area contributed by atoms with Crippen molar-refractivity contribution in [3.05, 3.63) is 11.6 Å². The predicted octanol–water partition coefficient (Wildman–Crippen LogP) is 1.33. The third-order valence-corrected chi connectivity index (χ3v) is 5.26. The number of ether oxygens (including phenoxy) is 1. The van der Waals surface area contributed by atoms with Crippen molar-refractivity contribution in [3.8, 4) is 0 Å². The maximum Gasteiger partial charge on any atom is 0.309 e. The summed E-state index contributed by atoms with van der Waals surface area (Å²) >= 11 is 0. The van der Waals surface area contributed by atoms with Gasteiger partial charge in [-0.2, -0.15) is 0 Å². The average molecular weight is 264 g/mol. The zero-order chi connectivity index (χ0) is 13.7. The Hall–Kier alpha value is -1.16. The summed E-state index contributed by atoms with van der Waals surface area (Å²) in [5, 5.41) is 9.49. The van der Waals surface area contributed by atoms with Crippen LogP contribution >= 0.6 is 0 Å². The molecule has 0 spiro atoms. The normalized spacial score (nSPS) is 45.3. The molecule has 0 aromatic carbocycles. The number of hydrogen-bond acceptors (Lipinski definition) is 4. The Labute approximate surface area is 112 Å². The largest absolute Gasteiger partial charge is 0.461 e. The van der Waals surface area contributed by atoms with E-state index in [0.29, 0.717) is 0 Å². The zero-order valence-corrected chi connectivity index (χ0v) is 11.3. The SMILES string of the molecule is C[C@@H]1C(=O)O[C@@H]2[C@H]1CC[C@H](C)[C@@H]1C(=O)C=C(CO)[C@H]21. The fourth-order valence-corrected chi connectivity index (χ4v) is 4.16. The highest BCUT2D eigenvalue weighted by atomic mass is 16.6. The van der Waals surface area contributed by atoms with E-state index in [1.807, 2.05) is 6.92 Å². The smallest absolute Gasteiger partial charge is 0.309 e. The quantitative estimate of drug-likeness (QED) is 0.726. The van der Waals surface area contributed by atoms with Crippen LogP contribution in [0.2, 0.25) is 0 Å².